The summed E-state index contributed by atoms with van der Waals surface area (Å²) in [5, 5.41) is 44.1. The van der Waals surface area contributed by atoms with E-state index in [1.807, 2.05) is 0 Å². The number of rotatable bonds is 3. The van der Waals surface area contributed by atoms with Gasteiger partial charge in [0.25, 0.3) is 5.91 Å². The number of phenolic OH excluding ortho intramolecular Hbond substituents is 1. The molecule has 0 bridgehead atoms. The van der Waals surface area contributed by atoms with E-state index in [4.69, 9.17) is 5.73 Å². The van der Waals surface area contributed by atoms with Crippen LogP contribution in [0.15, 0.2) is 23.0 Å². The fraction of sp³-hybridized carbons (Fsp3) is 0.417. The number of fused-ring (bicyclic) bond motifs is 3. The number of phenols is 1. The average molecular weight is 470 g/mol. The minimum Gasteiger partial charge on any atom is -0.508 e. The number of aromatic hydroxyl groups is 1. The number of ketones is 3. The van der Waals surface area contributed by atoms with E-state index < -0.39 is 58.0 Å². The highest BCUT2D eigenvalue weighted by atomic mass is 16.3. The minimum atomic E-state index is -2.69. The Balaban J connectivity index is 2.02. The zero-order valence-electron chi connectivity index (χ0n) is 19.2. The highest BCUT2D eigenvalue weighted by Crippen LogP contribution is 2.53. The van der Waals surface area contributed by atoms with Gasteiger partial charge in [-0.25, -0.2) is 0 Å². The topological polar surface area (TPSA) is 178 Å². The number of carbonyl (C=O) groups is 4. The van der Waals surface area contributed by atoms with Crippen LogP contribution in [0.2, 0.25) is 0 Å². The first kappa shape index (κ1) is 23.7. The number of hydrogen-bond acceptors (Lipinski definition) is 9. The van der Waals surface area contributed by atoms with Gasteiger partial charge in [0.2, 0.25) is 5.78 Å². The van der Waals surface area contributed by atoms with Crippen LogP contribution in [0, 0.1) is 18.8 Å². The summed E-state index contributed by atoms with van der Waals surface area (Å²) in [6, 6.07) is 0.354. The minimum absolute atomic E-state index is 0.0300. The molecule has 0 heterocycles. The lowest BCUT2D eigenvalue weighted by molar-refractivity contribution is -0.153. The molecule has 1 aromatic rings. The monoisotopic (exact) mass is 470 g/mol. The molecule has 0 spiro atoms. The molecule has 1 aromatic carbocycles. The fourth-order valence-corrected chi connectivity index (χ4v) is 5.76. The Hall–Kier alpha value is -3.50. The van der Waals surface area contributed by atoms with Crippen molar-refractivity contribution in [1.29, 1.82) is 0 Å². The molecule has 1 saturated carbocycles. The predicted molar refractivity (Wildman–Crippen MR) is 119 cm³/mol. The van der Waals surface area contributed by atoms with Crippen molar-refractivity contribution in [2.45, 2.75) is 38.3 Å². The zero-order chi connectivity index (χ0) is 25.4. The van der Waals surface area contributed by atoms with E-state index >= 15 is 0 Å². The number of likely N-dealkylation sites (N-methyl/N-ethyl adjacent to an activating group) is 1. The molecule has 180 valence electrons. The molecule has 1 fully saturated rings. The van der Waals surface area contributed by atoms with Gasteiger partial charge in [-0.15, -0.1) is 0 Å². The molecule has 6 N–H and O–H groups in total. The summed E-state index contributed by atoms with van der Waals surface area (Å²) in [7, 11) is 3.06. The van der Waals surface area contributed by atoms with Crippen LogP contribution >= 0.6 is 0 Å². The number of amides is 1. The van der Waals surface area contributed by atoms with Crippen LogP contribution in [0.25, 0.3) is 5.76 Å². The highest BCUT2D eigenvalue weighted by Gasteiger charge is 2.64. The molecule has 0 aromatic heterocycles. The molecule has 4 rings (SSSR count). The van der Waals surface area contributed by atoms with Crippen molar-refractivity contribution in [3.8, 4) is 5.75 Å². The second kappa shape index (κ2) is 7.51. The second-order valence-electron chi connectivity index (χ2n) is 9.46. The van der Waals surface area contributed by atoms with Gasteiger partial charge in [-0.2, -0.15) is 0 Å². The highest BCUT2D eigenvalue weighted by molar-refractivity contribution is 6.24. The molecule has 0 unspecified atom stereocenters. The summed E-state index contributed by atoms with van der Waals surface area (Å²) >= 11 is 0. The van der Waals surface area contributed by atoms with Gasteiger partial charge in [-0.1, -0.05) is 0 Å². The number of primary amides is 1. The molecule has 0 aliphatic heterocycles. The summed E-state index contributed by atoms with van der Waals surface area (Å²) in [4.78, 5) is 52.5. The van der Waals surface area contributed by atoms with Crippen molar-refractivity contribution in [1.82, 2.24) is 4.90 Å². The Morgan fingerprint density at radius 1 is 1.18 bits per heavy atom. The van der Waals surface area contributed by atoms with Crippen molar-refractivity contribution < 1.29 is 39.6 Å². The van der Waals surface area contributed by atoms with Gasteiger partial charge in [0, 0.05) is 17.1 Å². The lowest BCUT2D eigenvalue weighted by Gasteiger charge is -2.50. The largest absolute Gasteiger partial charge is 0.508 e. The first-order valence-corrected chi connectivity index (χ1v) is 10.8. The Bertz CT molecular complexity index is 1260. The fourth-order valence-electron chi connectivity index (χ4n) is 5.76. The van der Waals surface area contributed by atoms with E-state index in [9.17, 15) is 39.6 Å². The molecule has 3 aliphatic rings. The Kier molecular flexibility index (Phi) is 5.22. The van der Waals surface area contributed by atoms with Crippen LogP contribution in [0.4, 0.5) is 0 Å². The Labute approximate surface area is 195 Å². The molecular formula is C24H26N2O8. The van der Waals surface area contributed by atoms with Crippen molar-refractivity contribution in [2.24, 2.45) is 17.6 Å². The van der Waals surface area contributed by atoms with Gasteiger partial charge in [-0.05, 0) is 63.9 Å². The number of aliphatic hydroxyl groups excluding tert-OH is 2. The predicted octanol–water partition coefficient (Wildman–Crippen LogP) is 0.475. The first-order chi connectivity index (χ1) is 15.7. The van der Waals surface area contributed by atoms with Crippen molar-refractivity contribution >= 4 is 29.0 Å². The van der Waals surface area contributed by atoms with Crippen LogP contribution in [0.1, 0.15) is 40.4 Å². The molecule has 3 aliphatic carbocycles. The van der Waals surface area contributed by atoms with E-state index in [1.165, 1.54) is 32.0 Å². The summed E-state index contributed by atoms with van der Waals surface area (Å²) in [5.74, 6) is -7.42. The lowest BCUT2D eigenvalue weighted by atomic mass is 9.57. The van der Waals surface area contributed by atoms with E-state index in [0.29, 0.717) is 11.1 Å². The molecule has 10 nitrogen and oxygen atoms in total. The smallest absolute Gasteiger partial charge is 0.255 e. The summed E-state index contributed by atoms with van der Waals surface area (Å²) in [6.07, 6.45) is 0.0506. The second-order valence-corrected chi connectivity index (χ2v) is 9.46. The number of aryl methyl sites for hydroxylation is 1. The van der Waals surface area contributed by atoms with Crippen LogP contribution < -0.4 is 5.73 Å². The summed E-state index contributed by atoms with van der Waals surface area (Å²) in [6.45, 7) is 2.89. The normalized spacial score (nSPS) is 28.6. The molecule has 34 heavy (non-hydrogen) atoms. The SMILES string of the molecule is CC(=O)c1cc(C)c(O)c2c1C[C@@H]1C[C@@H]3[C@@H](N(C)C)C(=O)C(C(N)=O)=C(O)[C@]3(O)C(=O)C1=C2O. The van der Waals surface area contributed by atoms with Gasteiger partial charge in [-0.3, -0.25) is 24.1 Å². The maximum Gasteiger partial charge on any atom is 0.255 e. The van der Waals surface area contributed by atoms with Gasteiger partial charge in [0.05, 0.1) is 11.6 Å². The molecule has 0 saturated heterocycles. The third-order valence-corrected chi connectivity index (χ3v) is 7.29. The molecule has 4 atom stereocenters. The summed E-state index contributed by atoms with van der Waals surface area (Å²) < 4.78 is 0. The quantitative estimate of drug-likeness (QED) is 0.310. The first-order valence-electron chi connectivity index (χ1n) is 10.8. The van der Waals surface area contributed by atoms with E-state index in [1.54, 1.807) is 6.92 Å². The van der Waals surface area contributed by atoms with Crippen LogP contribution in [-0.4, -0.2) is 74.3 Å². The molecule has 10 heteroatoms. The van der Waals surface area contributed by atoms with Crippen LogP contribution in [0.3, 0.4) is 0 Å². The van der Waals surface area contributed by atoms with Gasteiger partial charge in [0.1, 0.15) is 22.8 Å². The zero-order valence-corrected chi connectivity index (χ0v) is 19.2. The number of carbonyl (C=O) groups excluding carboxylic acids is 4. The molecule has 1 amide bonds. The standard InChI is InChI=1S/C24H26N2O8/c1-8-5-11(9(2)27)12-6-10-7-13-17(26(3)4)20(30)16(23(25)33)22(32)24(13,34)21(31)14(10)19(29)15(12)18(8)28/h5,10,13,17,28-29,32,34H,6-7H2,1-4H3,(H2,25,33)/t10-,13-,17-,24-/m1/s1. The lowest BCUT2D eigenvalue weighted by Crippen LogP contribution is -2.65. The number of nitrogens with zero attached hydrogens (tertiary/aromatic N) is 1. The number of aliphatic hydroxyl groups is 3. The van der Waals surface area contributed by atoms with Crippen LogP contribution in [-0.2, 0) is 20.8 Å². The van der Waals surface area contributed by atoms with Gasteiger partial charge < -0.3 is 26.2 Å². The molecule has 0 radical (unpaired) electrons. The molecular weight excluding hydrogens is 444 g/mol. The number of Topliss-reactive ketones (excluding diaryl/α,β-unsaturated/α-hetero) is 3. The average Bonchev–Trinajstić information content (AvgIpc) is 2.72. The Morgan fingerprint density at radius 2 is 1.79 bits per heavy atom. The third kappa shape index (κ3) is 2.88. The number of nitrogens with two attached hydrogens (primary N) is 1. The van der Waals surface area contributed by atoms with Gasteiger partial charge >= 0.3 is 0 Å². The van der Waals surface area contributed by atoms with Crippen LogP contribution in [0.5, 0.6) is 5.75 Å². The van der Waals surface area contributed by atoms with Gasteiger partial charge in [0.15, 0.2) is 17.2 Å². The number of benzene rings is 1. The third-order valence-electron chi connectivity index (χ3n) is 7.29. The van der Waals surface area contributed by atoms with E-state index in [0.717, 1.165) is 0 Å². The number of hydrogen-bond donors (Lipinski definition) is 5. The summed E-state index contributed by atoms with van der Waals surface area (Å²) in [5.41, 5.74) is 2.37. The maximum atomic E-state index is 13.7. The Morgan fingerprint density at radius 3 is 2.32 bits per heavy atom. The van der Waals surface area contributed by atoms with E-state index in [-0.39, 0.29) is 41.1 Å². The maximum absolute atomic E-state index is 13.7. The van der Waals surface area contributed by atoms with Crippen molar-refractivity contribution in [2.75, 3.05) is 14.1 Å². The van der Waals surface area contributed by atoms with E-state index in [2.05, 4.69) is 0 Å². The van der Waals surface area contributed by atoms with Crippen molar-refractivity contribution in [3.63, 3.8) is 0 Å². The van der Waals surface area contributed by atoms with Crippen molar-refractivity contribution in [3.05, 3.63) is 45.2 Å².